The molecule has 2 heterocycles. The highest BCUT2D eigenvalue weighted by molar-refractivity contribution is 5.79. The Bertz CT molecular complexity index is 634. The third kappa shape index (κ3) is 4.63. The summed E-state index contributed by atoms with van der Waals surface area (Å²) in [6.07, 6.45) is 6.54. The molecule has 5 nitrogen and oxygen atoms in total. The van der Waals surface area contributed by atoms with Crippen LogP contribution in [0.5, 0.6) is 0 Å². The molecule has 3 rings (SSSR count). The maximum atomic E-state index is 12.4. The van der Waals surface area contributed by atoms with Gasteiger partial charge in [-0.25, -0.2) is 9.80 Å². The Morgan fingerprint density at radius 2 is 1.80 bits per heavy atom. The smallest absolute Gasteiger partial charge is 0.429 e. The Labute approximate surface area is 149 Å². The average molecular weight is 341 g/mol. The largest absolute Gasteiger partial charge is 0.448 e. The first-order valence-electron chi connectivity index (χ1n) is 9.13. The summed E-state index contributed by atoms with van der Waals surface area (Å²) in [5.74, 6) is 0. The van der Waals surface area contributed by atoms with Crippen molar-refractivity contribution in [3.05, 3.63) is 60.4 Å². The summed E-state index contributed by atoms with van der Waals surface area (Å²) < 4.78 is 7.12. The molecule has 0 aliphatic carbocycles. The molecule has 1 saturated heterocycles. The van der Waals surface area contributed by atoms with Gasteiger partial charge in [0, 0.05) is 32.0 Å². The second kappa shape index (κ2) is 8.72. The van der Waals surface area contributed by atoms with Crippen molar-refractivity contribution in [3.8, 4) is 0 Å². The normalized spacial score (nSPS) is 15.9. The van der Waals surface area contributed by atoms with Gasteiger partial charge >= 0.3 is 6.09 Å². The quantitative estimate of drug-likeness (QED) is 0.809. The van der Waals surface area contributed by atoms with E-state index in [1.807, 2.05) is 36.1 Å². The van der Waals surface area contributed by atoms with Crippen molar-refractivity contribution in [1.82, 2.24) is 9.58 Å². The zero-order valence-electron chi connectivity index (χ0n) is 14.9. The topological polar surface area (TPSA) is 37.7 Å². The molecule has 0 unspecified atom stereocenters. The van der Waals surface area contributed by atoms with Gasteiger partial charge in [-0.05, 0) is 43.9 Å². The van der Waals surface area contributed by atoms with Gasteiger partial charge < -0.3 is 9.64 Å². The van der Waals surface area contributed by atoms with Gasteiger partial charge in [0.2, 0.25) is 0 Å². The number of likely N-dealkylation sites (tertiary alicyclic amines) is 1. The molecule has 0 spiro atoms. The fourth-order valence-electron chi connectivity index (χ4n) is 3.41. The molecule has 0 bridgehead atoms. The first kappa shape index (κ1) is 17.5. The number of ether oxygens (including phenoxy) is 1. The molecule has 5 heteroatoms. The Morgan fingerprint density at radius 3 is 2.44 bits per heavy atom. The molecule has 1 aliphatic rings. The van der Waals surface area contributed by atoms with Gasteiger partial charge in [-0.2, -0.15) is 0 Å². The molecule has 1 aliphatic heterocycles. The van der Waals surface area contributed by atoms with E-state index in [9.17, 15) is 4.79 Å². The number of piperidine rings is 1. The number of benzene rings is 1. The van der Waals surface area contributed by atoms with Gasteiger partial charge in [-0.15, -0.1) is 0 Å². The monoisotopic (exact) mass is 341 g/mol. The Balaban J connectivity index is 1.55. The summed E-state index contributed by atoms with van der Waals surface area (Å²) in [5, 5.41) is 1.76. The van der Waals surface area contributed by atoms with Crippen LogP contribution in [0.4, 0.5) is 4.79 Å². The zero-order chi connectivity index (χ0) is 17.5. The van der Waals surface area contributed by atoms with Gasteiger partial charge in [0.1, 0.15) is 0 Å². The van der Waals surface area contributed by atoms with Crippen molar-refractivity contribution in [3.63, 3.8) is 0 Å². The van der Waals surface area contributed by atoms with Crippen molar-refractivity contribution >= 4 is 6.09 Å². The second-order valence-corrected chi connectivity index (χ2v) is 6.41. The van der Waals surface area contributed by atoms with Crippen LogP contribution in [0, 0.1) is 0 Å². The predicted octanol–water partition coefficient (Wildman–Crippen LogP) is 3.29. The van der Waals surface area contributed by atoms with Crippen LogP contribution in [0.2, 0.25) is 0 Å². The lowest BCUT2D eigenvalue weighted by molar-refractivity contribution is 0.138. The number of amides is 1. The SMILES string of the molecule is CCOC(=O)N(C1CCN(CCc2ccccc2)CC1)n1cccc1. The summed E-state index contributed by atoms with van der Waals surface area (Å²) in [7, 11) is 0. The molecule has 25 heavy (non-hydrogen) atoms. The Hall–Kier alpha value is -2.27. The van der Waals surface area contributed by atoms with Crippen LogP contribution in [0.3, 0.4) is 0 Å². The van der Waals surface area contributed by atoms with Gasteiger partial charge in [0.05, 0.1) is 12.6 Å². The molecule has 2 aromatic rings. The van der Waals surface area contributed by atoms with Crippen LogP contribution in [0.25, 0.3) is 0 Å². The average Bonchev–Trinajstić information content (AvgIpc) is 3.16. The van der Waals surface area contributed by atoms with Crippen molar-refractivity contribution in [2.24, 2.45) is 0 Å². The molecular formula is C20H27N3O2. The van der Waals surface area contributed by atoms with Gasteiger partial charge in [0.25, 0.3) is 0 Å². The maximum absolute atomic E-state index is 12.4. The molecule has 1 amide bonds. The fraction of sp³-hybridized carbons (Fsp3) is 0.450. The molecule has 0 radical (unpaired) electrons. The van der Waals surface area contributed by atoms with E-state index < -0.39 is 0 Å². The molecule has 1 aromatic heterocycles. The Morgan fingerprint density at radius 1 is 1.12 bits per heavy atom. The lowest BCUT2D eigenvalue weighted by atomic mass is 10.0. The summed E-state index contributed by atoms with van der Waals surface area (Å²) in [4.78, 5) is 14.9. The highest BCUT2D eigenvalue weighted by Gasteiger charge is 2.29. The molecule has 0 saturated carbocycles. The van der Waals surface area contributed by atoms with Crippen LogP contribution in [0.1, 0.15) is 25.3 Å². The minimum atomic E-state index is -0.263. The van der Waals surface area contributed by atoms with Crippen molar-refractivity contribution in [2.75, 3.05) is 31.3 Å². The first-order chi connectivity index (χ1) is 12.3. The number of carbonyl (C=O) groups is 1. The van der Waals surface area contributed by atoms with E-state index in [4.69, 9.17) is 4.74 Å². The Kier molecular flexibility index (Phi) is 6.12. The molecule has 0 N–H and O–H groups in total. The third-order valence-corrected chi connectivity index (χ3v) is 4.75. The highest BCUT2D eigenvalue weighted by Crippen LogP contribution is 2.18. The van der Waals surface area contributed by atoms with Crippen molar-refractivity contribution in [2.45, 2.75) is 32.2 Å². The second-order valence-electron chi connectivity index (χ2n) is 6.41. The number of hydrogen-bond acceptors (Lipinski definition) is 3. The van der Waals surface area contributed by atoms with E-state index in [1.54, 1.807) is 5.01 Å². The van der Waals surface area contributed by atoms with Crippen LogP contribution in [-0.2, 0) is 11.2 Å². The van der Waals surface area contributed by atoms with Crippen LogP contribution in [0.15, 0.2) is 54.9 Å². The predicted molar refractivity (Wildman–Crippen MR) is 99.3 cm³/mol. The van der Waals surface area contributed by atoms with E-state index in [-0.39, 0.29) is 12.1 Å². The summed E-state index contributed by atoms with van der Waals surface area (Å²) in [5.41, 5.74) is 1.38. The fourth-order valence-corrected chi connectivity index (χ4v) is 3.41. The molecule has 0 atom stereocenters. The van der Waals surface area contributed by atoms with E-state index in [0.717, 1.165) is 38.9 Å². The van der Waals surface area contributed by atoms with E-state index in [0.29, 0.717) is 6.61 Å². The van der Waals surface area contributed by atoms with Crippen molar-refractivity contribution < 1.29 is 9.53 Å². The van der Waals surface area contributed by atoms with E-state index in [1.165, 1.54) is 5.56 Å². The van der Waals surface area contributed by atoms with Gasteiger partial charge in [-0.3, -0.25) is 4.68 Å². The molecule has 1 aromatic carbocycles. The first-order valence-corrected chi connectivity index (χ1v) is 9.13. The number of rotatable bonds is 6. The van der Waals surface area contributed by atoms with Crippen LogP contribution < -0.4 is 5.01 Å². The zero-order valence-corrected chi connectivity index (χ0v) is 14.9. The number of hydrogen-bond donors (Lipinski definition) is 0. The molecule has 1 fully saturated rings. The minimum Gasteiger partial charge on any atom is -0.448 e. The molecule has 134 valence electrons. The third-order valence-electron chi connectivity index (χ3n) is 4.75. The minimum absolute atomic E-state index is 0.180. The van der Waals surface area contributed by atoms with Gasteiger partial charge in [-0.1, -0.05) is 30.3 Å². The summed E-state index contributed by atoms with van der Waals surface area (Å²) in [6, 6.07) is 14.6. The summed E-state index contributed by atoms with van der Waals surface area (Å²) >= 11 is 0. The van der Waals surface area contributed by atoms with Crippen LogP contribution >= 0.6 is 0 Å². The highest BCUT2D eigenvalue weighted by atomic mass is 16.6. The van der Waals surface area contributed by atoms with Crippen LogP contribution in [-0.4, -0.2) is 48.0 Å². The maximum Gasteiger partial charge on any atom is 0.429 e. The lowest BCUT2D eigenvalue weighted by Crippen LogP contribution is -2.52. The van der Waals surface area contributed by atoms with E-state index in [2.05, 4.69) is 35.2 Å². The number of aromatic nitrogens is 1. The lowest BCUT2D eigenvalue weighted by Gasteiger charge is -2.38. The number of nitrogens with zero attached hydrogens (tertiary/aromatic N) is 3. The standard InChI is InChI=1S/C20H27N3O2/c1-2-25-20(24)23(22-13-6-7-14-22)19-11-16-21(17-12-19)15-10-18-8-4-3-5-9-18/h3-9,13-14,19H,2,10-12,15-17H2,1H3. The summed E-state index contributed by atoms with van der Waals surface area (Å²) in [6.45, 7) is 5.33. The van der Waals surface area contributed by atoms with Gasteiger partial charge in [0.15, 0.2) is 0 Å². The molecular weight excluding hydrogens is 314 g/mol. The van der Waals surface area contributed by atoms with E-state index >= 15 is 0 Å². The number of carbonyl (C=O) groups excluding carboxylic acids is 1. The van der Waals surface area contributed by atoms with Crippen molar-refractivity contribution in [1.29, 1.82) is 0 Å².